The van der Waals surface area contributed by atoms with Crippen molar-refractivity contribution in [3.63, 3.8) is 0 Å². The Morgan fingerprint density at radius 3 is 1.00 bits per heavy atom. The van der Waals surface area contributed by atoms with Crippen molar-refractivity contribution in [2.45, 2.75) is 0 Å². The largest absolute Gasteiger partial charge is 0.0641 e. The number of halogens is 4. The third kappa shape index (κ3) is 1.93. The normalized spacial score (nSPS) is 39.5. The zero-order chi connectivity index (χ0) is 6.41. The molecule has 0 aromatic heterocycles. The predicted molar refractivity (Wildman–Crippen MR) is 48.3 cm³/mol. The summed E-state index contributed by atoms with van der Waals surface area (Å²) in [4.78, 5) is 0. The highest BCUT2D eigenvalue weighted by Gasteiger charge is 2.43. The fourth-order valence-corrected chi connectivity index (χ4v) is 18.5. The van der Waals surface area contributed by atoms with Crippen LogP contribution in [0.5, 0.6) is 0 Å². The smallest absolute Gasteiger partial charge is 0.0601 e. The Morgan fingerprint density at radius 2 is 1.00 bits per heavy atom. The highest BCUT2D eigenvalue weighted by molar-refractivity contribution is 8.90. The SMILES string of the molecule is ClS1(Cl)CS(Cl)(Cl)C1. The van der Waals surface area contributed by atoms with E-state index in [1.165, 1.54) is 0 Å². The van der Waals surface area contributed by atoms with Gasteiger partial charge in [0.2, 0.25) is 0 Å². The average Bonchev–Trinajstić information content (AvgIpc) is 1.20. The molecule has 0 aromatic carbocycles. The first-order valence-electron chi connectivity index (χ1n) is 1.77. The average molecular weight is 234 g/mol. The van der Waals surface area contributed by atoms with E-state index >= 15 is 0 Å². The fourth-order valence-electron chi connectivity index (χ4n) is 0.470. The van der Waals surface area contributed by atoms with Crippen LogP contribution in [-0.2, 0) is 0 Å². The molecule has 1 saturated heterocycles. The quantitative estimate of drug-likeness (QED) is 0.590. The first-order chi connectivity index (χ1) is 3.41. The van der Waals surface area contributed by atoms with Crippen LogP contribution < -0.4 is 0 Å². The summed E-state index contributed by atoms with van der Waals surface area (Å²) in [6, 6.07) is 0. The van der Waals surface area contributed by atoms with E-state index in [0.29, 0.717) is 10.2 Å². The van der Waals surface area contributed by atoms with Gasteiger partial charge in [0.15, 0.2) is 0 Å². The zero-order valence-electron chi connectivity index (χ0n) is 3.74. The standard InChI is InChI=1S/C2H4Cl4S2/c3-7(4)1-8(5,6)2-7/h1-2H2. The Kier molecular flexibility index (Phi) is 2.17. The molecule has 0 N–H and O–H groups in total. The molecule has 1 rings (SSSR count). The van der Waals surface area contributed by atoms with Gasteiger partial charge in [-0.2, -0.15) is 0 Å². The molecule has 0 radical (unpaired) electrons. The number of hydrogen-bond donors (Lipinski definition) is 0. The Bertz CT molecular complexity index is 88.6. The lowest BCUT2D eigenvalue weighted by Gasteiger charge is -2.47. The van der Waals surface area contributed by atoms with Gasteiger partial charge in [-0.05, 0) is 42.7 Å². The van der Waals surface area contributed by atoms with Gasteiger partial charge in [0.05, 0.1) is 10.2 Å². The molecule has 1 heterocycles. The highest BCUT2D eigenvalue weighted by atomic mass is 36.0. The molecular formula is C2H4Cl4S2. The van der Waals surface area contributed by atoms with Gasteiger partial charge in [-0.1, -0.05) is 16.9 Å². The molecule has 1 aliphatic rings. The molecule has 0 atom stereocenters. The van der Waals surface area contributed by atoms with E-state index in [4.69, 9.17) is 42.7 Å². The van der Waals surface area contributed by atoms with Crippen molar-refractivity contribution >= 4 is 59.6 Å². The summed E-state index contributed by atoms with van der Waals surface area (Å²) in [5.74, 6) is 0. The van der Waals surface area contributed by atoms with Gasteiger partial charge in [0.25, 0.3) is 0 Å². The molecule has 0 nitrogen and oxygen atoms in total. The molecule has 6 heteroatoms. The summed E-state index contributed by atoms with van der Waals surface area (Å²) >= 11 is 0. The molecule has 0 amide bonds. The molecular weight excluding hydrogens is 230 g/mol. The van der Waals surface area contributed by atoms with Crippen molar-refractivity contribution in [1.29, 1.82) is 0 Å². The van der Waals surface area contributed by atoms with Crippen LogP contribution in [0.4, 0.5) is 0 Å². The van der Waals surface area contributed by atoms with E-state index < -0.39 is 16.9 Å². The van der Waals surface area contributed by atoms with Gasteiger partial charge in [0.1, 0.15) is 0 Å². The third-order valence-corrected chi connectivity index (χ3v) is 12.6. The minimum atomic E-state index is -1.37. The molecule has 0 saturated carbocycles. The van der Waals surface area contributed by atoms with Crippen LogP contribution in [0.25, 0.3) is 0 Å². The number of rotatable bonds is 0. The summed E-state index contributed by atoms with van der Waals surface area (Å²) in [6.07, 6.45) is 0. The topological polar surface area (TPSA) is 0 Å². The molecule has 52 valence electrons. The second-order valence-electron chi connectivity index (χ2n) is 1.63. The molecule has 1 aliphatic heterocycles. The second-order valence-corrected chi connectivity index (χ2v) is 14.4. The lowest BCUT2D eigenvalue weighted by Crippen LogP contribution is -2.13. The molecule has 0 bridgehead atoms. The van der Waals surface area contributed by atoms with Crippen LogP contribution in [-0.4, -0.2) is 10.2 Å². The van der Waals surface area contributed by atoms with E-state index in [9.17, 15) is 0 Å². The summed E-state index contributed by atoms with van der Waals surface area (Å²) in [6.45, 7) is 0. The Morgan fingerprint density at radius 1 is 0.750 bits per heavy atom. The molecule has 0 unspecified atom stereocenters. The first-order valence-corrected chi connectivity index (χ1v) is 9.02. The van der Waals surface area contributed by atoms with E-state index in [2.05, 4.69) is 0 Å². The van der Waals surface area contributed by atoms with Gasteiger partial charge < -0.3 is 0 Å². The van der Waals surface area contributed by atoms with Crippen LogP contribution in [0.15, 0.2) is 0 Å². The third-order valence-electron chi connectivity index (χ3n) is 0.690. The molecule has 1 fully saturated rings. The van der Waals surface area contributed by atoms with E-state index in [0.717, 1.165) is 0 Å². The van der Waals surface area contributed by atoms with Crippen LogP contribution >= 0.6 is 59.6 Å². The van der Waals surface area contributed by atoms with Gasteiger partial charge >= 0.3 is 0 Å². The van der Waals surface area contributed by atoms with Crippen molar-refractivity contribution in [2.24, 2.45) is 0 Å². The maximum atomic E-state index is 5.69. The lowest BCUT2D eigenvalue weighted by atomic mass is 11.8. The maximum Gasteiger partial charge on any atom is 0.0601 e. The van der Waals surface area contributed by atoms with Crippen LogP contribution in [0.2, 0.25) is 0 Å². The van der Waals surface area contributed by atoms with Gasteiger partial charge in [-0.15, -0.1) is 0 Å². The minimum absolute atomic E-state index is 0.631. The Balaban J connectivity index is 2.42. The van der Waals surface area contributed by atoms with Crippen LogP contribution in [0, 0.1) is 0 Å². The molecule has 8 heavy (non-hydrogen) atoms. The zero-order valence-corrected chi connectivity index (χ0v) is 8.40. The maximum absolute atomic E-state index is 5.69. The second kappa shape index (κ2) is 2.18. The van der Waals surface area contributed by atoms with E-state index in [-0.39, 0.29) is 0 Å². The summed E-state index contributed by atoms with van der Waals surface area (Å²) in [5, 5.41) is 1.26. The van der Waals surface area contributed by atoms with Crippen molar-refractivity contribution < 1.29 is 0 Å². The van der Waals surface area contributed by atoms with Gasteiger partial charge in [-0.25, -0.2) is 0 Å². The summed E-state index contributed by atoms with van der Waals surface area (Å²) < 4.78 is 0. The minimum Gasteiger partial charge on any atom is -0.0641 e. The van der Waals surface area contributed by atoms with Gasteiger partial charge in [-0.3, -0.25) is 0 Å². The van der Waals surface area contributed by atoms with E-state index in [1.807, 2.05) is 0 Å². The molecule has 0 aromatic rings. The van der Waals surface area contributed by atoms with Crippen molar-refractivity contribution in [2.75, 3.05) is 10.2 Å². The Hall–Kier alpha value is 1.86. The first kappa shape index (κ1) is 7.96. The highest BCUT2D eigenvalue weighted by Crippen LogP contribution is 2.87. The molecule has 0 spiro atoms. The van der Waals surface area contributed by atoms with Crippen molar-refractivity contribution in [3.05, 3.63) is 0 Å². The van der Waals surface area contributed by atoms with Gasteiger partial charge in [0, 0.05) is 0 Å². The van der Waals surface area contributed by atoms with Crippen molar-refractivity contribution in [1.82, 2.24) is 0 Å². The molecule has 0 aliphatic carbocycles. The van der Waals surface area contributed by atoms with E-state index in [1.54, 1.807) is 0 Å². The monoisotopic (exact) mass is 232 g/mol. The predicted octanol–water partition coefficient (Wildman–Crippen LogP) is 4.14. The fraction of sp³-hybridized carbons (Fsp3) is 1.00. The Labute approximate surface area is 69.4 Å². The summed E-state index contributed by atoms with van der Waals surface area (Å²) in [7, 11) is 20.0. The van der Waals surface area contributed by atoms with Crippen LogP contribution in [0.1, 0.15) is 0 Å². The number of hydrogen-bond acceptors (Lipinski definition) is 0. The van der Waals surface area contributed by atoms with Crippen molar-refractivity contribution in [3.8, 4) is 0 Å². The van der Waals surface area contributed by atoms with Crippen LogP contribution in [0.3, 0.4) is 0 Å². The summed E-state index contributed by atoms with van der Waals surface area (Å²) in [5.41, 5.74) is 0. The lowest BCUT2D eigenvalue weighted by molar-refractivity contribution is 1.97.